The lowest BCUT2D eigenvalue weighted by atomic mass is 10.1. The zero-order valence-electron chi connectivity index (χ0n) is 9.05. The van der Waals surface area contributed by atoms with Crippen LogP contribution in [0.25, 0.3) is 0 Å². The summed E-state index contributed by atoms with van der Waals surface area (Å²) in [5, 5.41) is 0. The summed E-state index contributed by atoms with van der Waals surface area (Å²) in [6.45, 7) is 0. The number of nitrogen functional groups attached to an aromatic ring is 1. The van der Waals surface area contributed by atoms with Gasteiger partial charge in [-0.3, -0.25) is 0 Å². The number of hydrogen-bond donors (Lipinski definition) is 1. The summed E-state index contributed by atoms with van der Waals surface area (Å²) in [7, 11) is 1.66. The van der Waals surface area contributed by atoms with Crippen molar-refractivity contribution < 1.29 is 4.74 Å². The molecule has 0 bridgehead atoms. The van der Waals surface area contributed by atoms with Crippen molar-refractivity contribution in [2.75, 3.05) is 12.8 Å². The maximum absolute atomic E-state index is 5.42. The monoisotopic (exact) mass is 215 g/mol. The molecule has 1 aromatic heterocycles. The van der Waals surface area contributed by atoms with Gasteiger partial charge in [0.05, 0.1) is 7.11 Å². The van der Waals surface area contributed by atoms with Gasteiger partial charge in [0.2, 0.25) is 5.95 Å². The fraction of sp³-hybridized carbons (Fsp3) is 0.167. The molecule has 1 heterocycles. The van der Waals surface area contributed by atoms with E-state index in [9.17, 15) is 0 Å². The Morgan fingerprint density at radius 3 is 2.25 bits per heavy atom. The van der Waals surface area contributed by atoms with Gasteiger partial charge in [0, 0.05) is 18.8 Å². The summed E-state index contributed by atoms with van der Waals surface area (Å²) >= 11 is 0. The number of anilines is 1. The second-order valence-electron chi connectivity index (χ2n) is 3.47. The van der Waals surface area contributed by atoms with E-state index in [2.05, 4.69) is 9.97 Å². The van der Waals surface area contributed by atoms with Gasteiger partial charge in [0.1, 0.15) is 5.75 Å². The van der Waals surface area contributed by atoms with Crippen molar-refractivity contribution in [3.8, 4) is 5.75 Å². The van der Waals surface area contributed by atoms with E-state index in [1.165, 1.54) is 5.56 Å². The maximum atomic E-state index is 5.42. The van der Waals surface area contributed by atoms with Gasteiger partial charge in [-0.1, -0.05) is 12.1 Å². The van der Waals surface area contributed by atoms with Crippen LogP contribution in [0.4, 0.5) is 5.95 Å². The van der Waals surface area contributed by atoms with Crippen molar-refractivity contribution >= 4 is 5.95 Å². The van der Waals surface area contributed by atoms with Crippen molar-refractivity contribution in [2.45, 2.75) is 6.42 Å². The number of benzene rings is 1. The van der Waals surface area contributed by atoms with Crippen LogP contribution < -0.4 is 10.5 Å². The fourth-order valence-corrected chi connectivity index (χ4v) is 1.44. The second kappa shape index (κ2) is 4.61. The standard InChI is InChI=1S/C12H13N3O/c1-16-11-4-2-9(3-5-11)6-10-7-14-12(13)15-8-10/h2-5,7-8H,6H2,1H3,(H2,13,14,15). The first-order chi connectivity index (χ1) is 7.78. The number of hydrogen-bond acceptors (Lipinski definition) is 4. The Bertz CT molecular complexity index is 451. The fourth-order valence-electron chi connectivity index (χ4n) is 1.44. The van der Waals surface area contributed by atoms with Crippen molar-refractivity contribution in [3.05, 3.63) is 47.8 Å². The van der Waals surface area contributed by atoms with Crippen LogP contribution in [-0.2, 0) is 6.42 Å². The van der Waals surface area contributed by atoms with Crippen LogP contribution in [0.3, 0.4) is 0 Å². The molecule has 2 aromatic rings. The van der Waals surface area contributed by atoms with Gasteiger partial charge in [-0.2, -0.15) is 0 Å². The molecule has 0 saturated carbocycles. The van der Waals surface area contributed by atoms with Crippen LogP contribution in [0.1, 0.15) is 11.1 Å². The lowest BCUT2D eigenvalue weighted by molar-refractivity contribution is 0.414. The van der Waals surface area contributed by atoms with Gasteiger partial charge in [0.15, 0.2) is 0 Å². The van der Waals surface area contributed by atoms with Crippen LogP contribution in [-0.4, -0.2) is 17.1 Å². The molecule has 2 N–H and O–H groups in total. The Kier molecular flexibility index (Phi) is 3.00. The Morgan fingerprint density at radius 2 is 1.69 bits per heavy atom. The highest BCUT2D eigenvalue weighted by Gasteiger charge is 1.98. The molecule has 0 aliphatic heterocycles. The van der Waals surface area contributed by atoms with E-state index in [1.54, 1.807) is 19.5 Å². The molecule has 82 valence electrons. The van der Waals surface area contributed by atoms with Crippen LogP contribution in [0.15, 0.2) is 36.7 Å². The number of aromatic nitrogens is 2. The molecule has 0 spiro atoms. The van der Waals surface area contributed by atoms with E-state index in [-0.39, 0.29) is 0 Å². The molecule has 4 heteroatoms. The predicted octanol–water partition coefficient (Wildman–Crippen LogP) is 1.66. The molecule has 4 nitrogen and oxygen atoms in total. The summed E-state index contributed by atoms with van der Waals surface area (Å²) in [5.74, 6) is 1.16. The first-order valence-corrected chi connectivity index (χ1v) is 4.97. The minimum absolute atomic E-state index is 0.304. The third-order valence-electron chi connectivity index (χ3n) is 2.29. The van der Waals surface area contributed by atoms with Crippen LogP contribution >= 0.6 is 0 Å². The Hall–Kier alpha value is -2.10. The highest BCUT2D eigenvalue weighted by molar-refractivity contribution is 5.30. The summed E-state index contributed by atoms with van der Waals surface area (Å²) in [5.41, 5.74) is 7.65. The molecule has 0 atom stereocenters. The lowest BCUT2D eigenvalue weighted by Crippen LogP contribution is -1.96. The molecule has 0 unspecified atom stereocenters. The summed E-state index contributed by atoms with van der Waals surface area (Å²) in [4.78, 5) is 7.90. The Morgan fingerprint density at radius 1 is 1.06 bits per heavy atom. The van der Waals surface area contributed by atoms with Crippen LogP contribution in [0, 0.1) is 0 Å². The van der Waals surface area contributed by atoms with Gasteiger partial charge >= 0.3 is 0 Å². The quantitative estimate of drug-likeness (QED) is 0.845. The first kappa shape index (κ1) is 10.4. The number of ether oxygens (including phenoxy) is 1. The van der Waals surface area contributed by atoms with E-state index in [1.807, 2.05) is 24.3 Å². The molecule has 0 radical (unpaired) electrons. The normalized spacial score (nSPS) is 10.1. The SMILES string of the molecule is COc1ccc(Cc2cnc(N)nc2)cc1. The number of nitrogens with zero attached hydrogens (tertiary/aromatic N) is 2. The van der Waals surface area contributed by atoms with E-state index in [0.29, 0.717) is 5.95 Å². The average molecular weight is 215 g/mol. The second-order valence-corrected chi connectivity index (χ2v) is 3.47. The molecular formula is C12H13N3O. The van der Waals surface area contributed by atoms with Gasteiger partial charge in [-0.05, 0) is 23.3 Å². The smallest absolute Gasteiger partial charge is 0.219 e. The van der Waals surface area contributed by atoms with Gasteiger partial charge in [-0.15, -0.1) is 0 Å². The van der Waals surface area contributed by atoms with E-state index in [4.69, 9.17) is 10.5 Å². The highest BCUT2D eigenvalue weighted by atomic mass is 16.5. The topological polar surface area (TPSA) is 61.0 Å². The summed E-state index contributed by atoms with van der Waals surface area (Å²) < 4.78 is 5.09. The van der Waals surface area contributed by atoms with Gasteiger partial charge in [-0.25, -0.2) is 9.97 Å². The van der Waals surface area contributed by atoms with E-state index < -0.39 is 0 Å². The molecule has 0 amide bonds. The highest BCUT2D eigenvalue weighted by Crippen LogP contribution is 2.14. The number of nitrogens with two attached hydrogens (primary N) is 1. The molecule has 0 aliphatic rings. The molecule has 0 aliphatic carbocycles. The molecule has 16 heavy (non-hydrogen) atoms. The summed E-state index contributed by atoms with van der Waals surface area (Å²) in [6.07, 6.45) is 4.28. The van der Waals surface area contributed by atoms with Gasteiger partial charge < -0.3 is 10.5 Å². The molecular weight excluding hydrogens is 202 g/mol. The molecule has 0 fully saturated rings. The van der Waals surface area contributed by atoms with Crippen LogP contribution in [0.2, 0.25) is 0 Å². The third-order valence-corrected chi connectivity index (χ3v) is 2.29. The average Bonchev–Trinajstić information content (AvgIpc) is 2.33. The van der Waals surface area contributed by atoms with E-state index >= 15 is 0 Å². The summed E-state index contributed by atoms with van der Waals surface area (Å²) in [6, 6.07) is 7.92. The van der Waals surface area contributed by atoms with Crippen LogP contribution in [0.5, 0.6) is 5.75 Å². The Balaban J connectivity index is 2.11. The molecule has 2 rings (SSSR count). The van der Waals surface area contributed by atoms with Crippen molar-refractivity contribution in [2.24, 2.45) is 0 Å². The third kappa shape index (κ3) is 2.48. The van der Waals surface area contributed by atoms with Gasteiger partial charge in [0.25, 0.3) is 0 Å². The van der Waals surface area contributed by atoms with Crippen molar-refractivity contribution in [3.63, 3.8) is 0 Å². The predicted molar refractivity (Wildman–Crippen MR) is 62.2 cm³/mol. The lowest BCUT2D eigenvalue weighted by Gasteiger charge is -2.03. The largest absolute Gasteiger partial charge is 0.497 e. The van der Waals surface area contributed by atoms with E-state index in [0.717, 1.165) is 17.7 Å². The molecule has 0 saturated heterocycles. The Labute approximate surface area is 94.1 Å². The zero-order valence-corrected chi connectivity index (χ0v) is 9.05. The minimum Gasteiger partial charge on any atom is -0.497 e. The molecule has 1 aromatic carbocycles. The number of methoxy groups -OCH3 is 1. The number of rotatable bonds is 3. The maximum Gasteiger partial charge on any atom is 0.219 e. The first-order valence-electron chi connectivity index (χ1n) is 4.97. The minimum atomic E-state index is 0.304. The van der Waals surface area contributed by atoms with Crippen molar-refractivity contribution in [1.29, 1.82) is 0 Å². The zero-order chi connectivity index (χ0) is 11.4. The van der Waals surface area contributed by atoms with Crippen molar-refractivity contribution in [1.82, 2.24) is 9.97 Å².